The van der Waals surface area contributed by atoms with Gasteiger partial charge in [-0.25, -0.2) is 0 Å². The van der Waals surface area contributed by atoms with E-state index in [0.29, 0.717) is 5.69 Å². The van der Waals surface area contributed by atoms with Gasteiger partial charge in [0.2, 0.25) is 11.7 Å². The molecule has 9 heteroatoms. The summed E-state index contributed by atoms with van der Waals surface area (Å²) < 4.78 is 4.98. The van der Waals surface area contributed by atoms with Crippen molar-refractivity contribution in [2.24, 2.45) is 0 Å². The second-order valence-corrected chi connectivity index (χ2v) is 4.16. The van der Waals surface area contributed by atoms with Gasteiger partial charge in [-0.15, -0.1) is 0 Å². The fourth-order valence-corrected chi connectivity index (χ4v) is 1.66. The summed E-state index contributed by atoms with van der Waals surface area (Å²) >= 11 is 0. The zero-order valence-electron chi connectivity index (χ0n) is 10.8. The number of pyridine rings is 1. The number of aliphatic carboxylic acids is 2. The van der Waals surface area contributed by atoms with E-state index in [1.54, 1.807) is 24.4 Å². The van der Waals surface area contributed by atoms with Gasteiger partial charge in [-0.1, -0.05) is 11.2 Å². The van der Waals surface area contributed by atoms with Gasteiger partial charge in [0.15, 0.2) is 0 Å². The maximum Gasteiger partial charge on any atom is 0.317 e. The molecule has 2 aromatic heterocycles. The zero-order chi connectivity index (χ0) is 15.2. The zero-order valence-corrected chi connectivity index (χ0v) is 10.8. The van der Waals surface area contributed by atoms with Crippen LogP contribution in [0.5, 0.6) is 0 Å². The fourth-order valence-electron chi connectivity index (χ4n) is 1.66. The van der Waals surface area contributed by atoms with Crippen LogP contribution < -0.4 is 0 Å². The lowest BCUT2D eigenvalue weighted by Crippen LogP contribution is -2.34. The highest BCUT2D eigenvalue weighted by atomic mass is 16.5. The molecule has 0 atom stereocenters. The Bertz CT molecular complexity index is 612. The Hall–Kier alpha value is -2.81. The largest absolute Gasteiger partial charge is 0.480 e. The average Bonchev–Trinajstić information content (AvgIpc) is 2.86. The van der Waals surface area contributed by atoms with Crippen LogP contribution >= 0.6 is 0 Å². The Morgan fingerprint density at radius 1 is 1.19 bits per heavy atom. The lowest BCUT2D eigenvalue weighted by molar-refractivity contribution is -0.142. The minimum atomic E-state index is -1.14. The van der Waals surface area contributed by atoms with Crippen molar-refractivity contribution in [1.29, 1.82) is 0 Å². The molecule has 0 amide bonds. The van der Waals surface area contributed by atoms with E-state index in [-0.39, 0.29) is 18.3 Å². The van der Waals surface area contributed by atoms with Gasteiger partial charge < -0.3 is 14.7 Å². The van der Waals surface area contributed by atoms with E-state index in [2.05, 4.69) is 15.1 Å². The van der Waals surface area contributed by atoms with E-state index in [1.165, 1.54) is 4.90 Å². The van der Waals surface area contributed by atoms with Crippen LogP contribution in [-0.2, 0) is 16.1 Å². The number of nitrogens with zero attached hydrogens (tertiary/aromatic N) is 4. The van der Waals surface area contributed by atoms with Gasteiger partial charge in [0.25, 0.3) is 0 Å². The molecule has 0 unspecified atom stereocenters. The van der Waals surface area contributed by atoms with Gasteiger partial charge in [-0.2, -0.15) is 4.98 Å². The Labute approximate surface area is 118 Å². The Balaban J connectivity index is 2.09. The average molecular weight is 292 g/mol. The topological polar surface area (TPSA) is 130 Å². The summed E-state index contributed by atoms with van der Waals surface area (Å²) in [5, 5.41) is 21.2. The summed E-state index contributed by atoms with van der Waals surface area (Å²) in [7, 11) is 0. The van der Waals surface area contributed by atoms with Crippen LogP contribution in [0.1, 0.15) is 5.89 Å². The SMILES string of the molecule is O=C(O)CN(CC(=O)O)Cc1nc(-c2ccccn2)no1. The molecule has 0 saturated carbocycles. The van der Waals surface area contributed by atoms with Crippen molar-refractivity contribution >= 4 is 11.9 Å². The molecule has 0 aliphatic carbocycles. The summed E-state index contributed by atoms with van der Waals surface area (Å²) in [6, 6.07) is 5.20. The normalized spacial score (nSPS) is 10.7. The third-order valence-electron chi connectivity index (χ3n) is 2.44. The van der Waals surface area contributed by atoms with Crippen molar-refractivity contribution in [3.05, 3.63) is 30.3 Å². The number of aromatic nitrogens is 3. The second-order valence-electron chi connectivity index (χ2n) is 4.16. The standard InChI is InChI=1S/C12H12N4O5/c17-10(18)6-16(7-11(19)20)5-9-14-12(15-21-9)8-3-1-2-4-13-8/h1-4H,5-7H2,(H,17,18)(H,19,20). The predicted octanol–water partition coefficient (Wildman–Crippen LogP) is 0.103. The first-order valence-corrected chi connectivity index (χ1v) is 5.94. The molecule has 0 saturated heterocycles. The Morgan fingerprint density at radius 3 is 2.48 bits per heavy atom. The molecule has 2 rings (SSSR count). The molecule has 0 aromatic carbocycles. The van der Waals surface area contributed by atoms with Gasteiger partial charge in [0.1, 0.15) is 5.69 Å². The summed E-state index contributed by atoms with van der Waals surface area (Å²) in [5.74, 6) is -1.89. The maximum absolute atomic E-state index is 10.7. The molecule has 0 aliphatic heterocycles. The van der Waals surface area contributed by atoms with Crippen molar-refractivity contribution in [3.63, 3.8) is 0 Å². The molecule has 21 heavy (non-hydrogen) atoms. The van der Waals surface area contributed by atoms with Crippen LogP contribution in [-0.4, -0.2) is 55.3 Å². The van der Waals surface area contributed by atoms with Gasteiger partial charge in [-0.3, -0.25) is 19.5 Å². The van der Waals surface area contributed by atoms with E-state index in [1.807, 2.05) is 0 Å². The van der Waals surface area contributed by atoms with Crippen LogP contribution in [0.4, 0.5) is 0 Å². The maximum atomic E-state index is 10.7. The van der Waals surface area contributed by atoms with Crippen LogP contribution in [0.15, 0.2) is 28.9 Å². The predicted molar refractivity (Wildman–Crippen MR) is 68.1 cm³/mol. The number of hydrogen-bond acceptors (Lipinski definition) is 7. The van der Waals surface area contributed by atoms with E-state index in [9.17, 15) is 9.59 Å². The van der Waals surface area contributed by atoms with E-state index in [0.717, 1.165) is 0 Å². The van der Waals surface area contributed by atoms with Crippen LogP contribution in [0.3, 0.4) is 0 Å². The van der Waals surface area contributed by atoms with Crippen molar-refractivity contribution in [2.45, 2.75) is 6.54 Å². The Kier molecular flexibility index (Phi) is 4.57. The number of carbonyl (C=O) groups is 2. The smallest absolute Gasteiger partial charge is 0.317 e. The molecule has 2 aromatic rings. The summed E-state index contributed by atoms with van der Waals surface area (Å²) in [6.45, 7) is -0.945. The van der Waals surface area contributed by atoms with E-state index in [4.69, 9.17) is 14.7 Å². The van der Waals surface area contributed by atoms with E-state index >= 15 is 0 Å². The molecular weight excluding hydrogens is 280 g/mol. The molecular formula is C12H12N4O5. The fraction of sp³-hybridized carbons (Fsp3) is 0.250. The molecule has 0 radical (unpaired) electrons. The lowest BCUT2D eigenvalue weighted by Gasteiger charge is -2.14. The van der Waals surface area contributed by atoms with Crippen LogP contribution in [0.25, 0.3) is 11.5 Å². The number of rotatable bonds is 7. The molecule has 0 fully saturated rings. The highest BCUT2D eigenvalue weighted by Gasteiger charge is 2.18. The van der Waals surface area contributed by atoms with Gasteiger partial charge in [0, 0.05) is 6.20 Å². The van der Waals surface area contributed by atoms with Crippen molar-refractivity contribution < 1.29 is 24.3 Å². The monoisotopic (exact) mass is 292 g/mol. The second kappa shape index (κ2) is 6.57. The molecule has 0 aliphatic rings. The first-order chi connectivity index (χ1) is 10.0. The van der Waals surface area contributed by atoms with Gasteiger partial charge in [-0.05, 0) is 12.1 Å². The molecule has 0 spiro atoms. The molecule has 110 valence electrons. The van der Waals surface area contributed by atoms with Crippen LogP contribution in [0, 0.1) is 0 Å². The van der Waals surface area contributed by atoms with Gasteiger partial charge in [0.05, 0.1) is 19.6 Å². The van der Waals surface area contributed by atoms with Crippen molar-refractivity contribution in [2.75, 3.05) is 13.1 Å². The summed E-state index contributed by atoms with van der Waals surface area (Å²) in [6.07, 6.45) is 1.58. The quantitative estimate of drug-likeness (QED) is 0.729. The van der Waals surface area contributed by atoms with E-state index < -0.39 is 25.0 Å². The van der Waals surface area contributed by atoms with Crippen molar-refractivity contribution in [3.8, 4) is 11.5 Å². The number of hydrogen-bond donors (Lipinski definition) is 2. The Morgan fingerprint density at radius 2 is 1.90 bits per heavy atom. The molecule has 2 N–H and O–H groups in total. The number of carboxylic acid groups (broad SMARTS) is 2. The molecule has 2 heterocycles. The number of carboxylic acids is 2. The summed E-state index contributed by atoms with van der Waals surface area (Å²) in [4.78, 5) is 30.7. The summed E-state index contributed by atoms with van der Waals surface area (Å²) in [5.41, 5.74) is 0.510. The van der Waals surface area contributed by atoms with Gasteiger partial charge >= 0.3 is 11.9 Å². The first kappa shape index (κ1) is 14.6. The third kappa shape index (κ3) is 4.35. The third-order valence-corrected chi connectivity index (χ3v) is 2.44. The molecule has 9 nitrogen and oxygen atoms in total. The highest BCUT2D eigenvalue weighted by molar-refractivity contribution is 5.72. The minimum Gasteiger partial charge on any atom is -0.480 e. The van der Waals surface area contributed by atoms with Crippen LogP contribution in [0.2, 0.25) is 0 Å². The first-order valence-electron chi connectivity index (χ1n) is 5.94. The highest BCUT2D eigenvalue weighted by Crippen LogP contribution is 2.12. The lowest BCUT2D eigenvalue weighted by atomic mass is 10.3. The van der Waals surface area contributed by atoms with Crippen molar-refractivity contribution in [1.82, 2.24) is 20.0 Å². The minimum absolute atomic E-state index is 0.0710. The molecule has 0 bridgehead atoms.